The maximum absolute atomic E-state index is 13.3. The molecule has 5 heteroatoms. The van der Waals surface area contributed by atoms with Crippen LogP contribution in [-0.4, -0.2) is 37.1 Å². The van der Waals surface area contributed by atoms with E-state index in [1.165, 1.54) is 25.0 Å². The zero-order chi connectivity index (χ0) is 14.9. The Balaban J connectivity index is 1.65. The Morgan fingerprint density at radius 1 is 1.43 bits per heavy atom. The van der Waals surface area contributed by atoms with Crippen LogP contribution < -0.4 is 10.6 Å². The van der Waals surface area contributed by atoms with E-state index >= 15 is 0 Å². The number of amides is 2. The third-order valence-electron chi connectivity index (χ3n) is 4.73. The van der Waals surface area contributed by atoms with Crippen LogP contribution in [0.15, 0.2) is 18.2 Å². The standard InChI is InChI=1S/C16H22FN3O/c1-12-3-4-13(17)9-14(12)19-15(21)20-8-6-16(11-20)5-2-7-18-10-16/h3-4,9,18H,2,5-8,10-11H2,1H3,(H,19,21)/t16-/m1/s1. The summed E-state index contributed by atoms with van der Waals surface area (Å²) in [7, 11) is 0. The quantitative estimate of drug-likeness (QED) is 0.835. The van der Waals surface area contributed by atoms with Crippen molar-refractivity contribution in [3.8, 4) is 0 Å². The van der Waals surface area contributed by atoms with Gasteiger partial charge in [-0.3, -0.25) is 0 Å². The first-order chi connectivity index (χ1) is 10.1. The Kier molecular flexibility index (Phi) is 3.85. The van der Waals surface area contributed by atoms with E-state index in [0.717, 1.165) is 38.2 Å². The van der Waals surface area contributed by atoms with Gasteiger partial charge < -0.3 is 15.5 Å². The van der Waals surface area contributed by atoms with Gasteiger partial charge in [-0.2, -0.15) is 0 Å². The molecule has 2 aliphatic heterocycles. The first-order valence-electron chi connectivity index (χ1n) is 7.61. The largest absolute Gasteiger partial charge is 0.324 e. The molecule has 0 bridgehead atoms. The van der Waals surface area contributed by atoms with Crippen LogP contribution in [0.5, 0.6) is 0 Å². The number of halogens is 1. The van der Waals surface area contributed by atoms with Gasteiger partial charge in [-0.15, -0.1) is 0 Å². The summed E-state index contributed by atoms with van der Waals surface area (Å²) in [5.74, 6) is -0.328. The summed E-state index contributed by atoms with van der Waals surface area (Å²) in [5, 5.41) is 6.28. The molecule has 0 aliphatic carbocycles. The maximum atomic E-state index is 13.3. The second-order valence-corrected chi connectivity index (χ2v) is 6.34. The number of rotatable bonds is 1. The zero-order valence-corrected chi connectivity index (χ0v) is 12.4. The lowest BCUT2D eigenvalue weighted by Crippen LogP contribution is -2.43. The molecule has 4 nitrogen and oxygen atoms in total. The van der Waals surface area contributed by atoms with Crippen molar-refractivity contribution in [2.75, 3.05) is 31.5 Å². The van der Waals surface area contributed by atoms with Crippen molar-refractivity contribution in [2.45, 2.75) is 26.2 Å². The van der Waals surface area contributed by atoms with E-state index in [0.29, 0.717) is 5.69 Å². The molecule has 21 heavy (non-hydrogen) atoms. The van der Waals surface area contributed by atoms with Gasteiger partial charge in [-0.25, -0.2) is 9.18 Å². The van der Waals surface area contributed by atoms with E-state index < -0.39 is 0 Å². The number of nitrogens with zero attached hydrogens (tertiary/aromatic N) is 1. The van der Waals surface area contributed by atoms with Crippen LogP contribution in [0.1, 0.15) is 24.8 Å². The molecular formula is C16H22FN3O. The lowest BCUT2D eigenvalue weighted by molar-refractivity contribution is 0.195. The number of hydrogen-bond acceptors (Lipinski definition) is 2. The maximum Gasteiger partial charge on any atom is 0.321 e. The molecule has 2 N–H and O–H groups in total. The molecule has 1 atom stereocenters. The molecule has 2 heterocycles. The molecule has 2 fully saturated rings. The van der Waals surface area contributed by atoms with E-state index in [4.69, 9.17) is 0 Å². The Hall–Kier alpha value is -1.62. The Labute approximate surface area is 124 Å². The topological polar surface area (TPSA) is 44.4 Å². The van der Waals surface area contributed by atoms with E-state index in [-0.39, 0.29) is 17.3 Å². The van der Waals surface area contributed by atoms with Gasteiger partial charge in [-0.1, -0.05) is 6.07 Å². The molecule has 2 saturated heterocycles. The lowest BCUT2D eigenvalue weighted by Gasteiger charge is -2.33. The van der Waals surface area contributed by atoms with E-state index in [1.807, 2.05) is 11.8 Å². The van der Waals surface area contributed by atoms with Gasteiger partial charge >= 0.3 is 6.03 Å². The van der Waals surface area contributed by atoms with Crippen LogP contribution in [0.4, 0.5) is 14.9 Å². The fraction of sp³-hybridized carbons (Fsp3) is 0.562. The fourth-order valence-electron chi connectivity index (χ4n) is 3.41. The first kappa shape index (κ1) is 14.3. The SMILES string of the molecule is Cc1ccc(F)cc1NC(=O)N1CC[C@@]2(CCCNC2)C1. The molecular weight excluding hydrogens is 269 g/mol. The number of aryl methyl sites for hydroxylation is 1. The van der Waals surface area contributed by atoms with Crippen LogP contribution in [-0.2, 0) is 0 Å². The summed E-state index contributed by atoms with van der Waals surface area (Å²) in [6, 6.07) is 4.35. The highest BCUT2D eigenvalue weighted by molar-refractivity contribution is 5.90. The van der Waals surface area contributed by atoms with Crippen molar-refractivity contribution in [3.63, 3.8) is 0 Å². The van der Waals surface area contributed by atoms with Crippen molar-refractivity contribution in [1.29, 1.82) is 0 Å². The number of piperidine rings is 1. The average Bonchev–Trinajstić information content (AvgIpc) is 2.87. The van der Waals surface area contributed by atoms with Crippen LogP contribution in [0.25, 0.3) is 0 Å². The monoisotopic (exact) mass is 291 g/mol. The van der Waals surface area contributed by atoms with Crippen molar-refractivity contribution in [3.05, 3.63) is 29.6 Å². The van der Waals surface area contributed by atoms with Crippen molar-refractivity contribution in [2.24, 2.45) is 5.41 Å². The van der Waals surface area contributed by atoms with E-state index in [1.54, 1.807) is 6.07 Å². The molecule has 0 radical (unpaired) electrons. The molecule has 3 rings (SSSR count). The average molecular weight is 291 g/mol. The molecule has 2 aliphatic rings. The molecule has 1 spiro atoms. The minimum Gasteiger partial charge on any atom is -0.324 e. The van der Waals surface area contributed by atoms with Gasteiger partial charge in [0.05, 0.1) is 0 Å². The fourth-order valence-corrected chi connectivity index (χ4v) is 3.41. The Morgan fingerprint density at radius 3 is 3.05 bits per heavy atom. The van der Waals surface area contributed by atoms with Crippen LogP contribution in [0, 0.1) is 18.2 Å². The molecule has 0 aromatic heterocycles. The minimum absolute atomic E-state index is 0.119. The highest BCUT2D eigenvalue weighted by atomic mass is 19.1. The third kappa shape index (κ3) is 3.02. The van der Waals surface area contributed by atoms with Crippen LogP contribution in [0.2, 0.25) is 0 Å². The summed E-state index contributed by atoms with van der Waals surface area (Å²) >= 11 is 0. The first-order valence-corrected chi connectivity index (χ1v) is 7.61. The molecule has 2 amide bonds. The number of carbonyl (C=O) groups is 1. The van der Waals surface area contributed by atoms with Gasteiger partial charge in [0, 0.05) is 30.7 Å². The van der Waals surface area contributed by atoms with Crippen LogP contribution in [0.3, 0.4) is 0 Å². The van der Waals surface area contributed by atoms with Crippen LogP contribution >= 0.6 is 0 Å². The minimum atomic E-state index is -0.328. The highest BCUT2D eigenvalue weighted by Gasteiger charge is 2.40. The predicted octanol–water partition coefficient (Wildman–Crippen LogP) is 2.74. The number of hydrogen-bond donors (Lipinski definition) is 2. The van der Waals surface area contributed by atoms with Crippen molar-refractivity contribution >= 4 is 11.7 Å². The number of likely N-dealkylation sites (tertiary alicyclic amines) is 1. The van der Waals surface area contributed by atoms with Gasteiger partial charge in [0.1, 0.15) is 5.82 Å². The Bertz CT molecular complexity index is 540. The third-order valence-corrected chi connectivity index (χ3v) is 4.73. The van der Waals surface area contributed by atoms with Gasteiger partial charge in [0.25, 0.3) is 0 Å². The number of anilines is 1. The number of benzene rings is 1. The van der Waals surface area contributed by atoms with Crippen molar-refractivity contribution < 1.29 is 9.18 Å². The summed E-state index contributed by atoms with van der Waals surface area (Å²) in [5.41, 5.74) is 1.67. The summed E-state index contributed by atoms with van der Waals surface area (Å²) in [4.78, 5) is 14.2. The van der Waals surface area contributed by atoms with Crippen molar-refractivity contribution in [1.82, 2.24) is 10.2 Å². The molecule has 114 valence electrons. The summed E-state index contributed by atoms with van der Waals surface area (Å²) < 4.78 is 13.3. The highest BCUT2D eigenvalue weighted by Crippen LogP contribution is 2.36. The number of nitrogens with one attached hydrogen (secondary N) is 2. The molecule has 0 unspecified atom stereocenters. The number of carbonyl (C=O) groups excluding carboxylic acids is 1. The van der Waals surface area contributed by atoms with Gasteiger partial charge in [0.2, 0.25) is 0 Å². The van der Waals surface area contributed by atoms with E-state index in [9.17, 15) is 9.18 Å². The summed E-state index contributed by atoms with van der Waals surface area (Å²) in [6.45, 7) is 5.51. The summed E-state index contributed by atoms with van der Waals surface area (Å²) in [6.07, 6.45) is 3.41. The molecule has 0 saturated carbocycles. The van der Waals surface area contributed by atoms with Gasteiger partial charge in [0.15, 0.2) is 0 Å². The molecule has 1 aromatic rings. The normalized spacial score (nSPS) is 25.3. The Morgan fingerprint density at radius 2 is 2.29 bits per heavy atom. The predicted molar refractivity (Wildman–Crippen MR) is 80.9 cm³/mol. The number of urea groups is 1. The van der Waals surface area contributed by atoms with E-state index in [2.05, 4.69) is 10.6 Å². The smallest absolute Gasteiger partial charge is 0.321 e. The second-order valence-electron chi connectivity index (χ2n) is 6.34. The second kappa shape index (κ2) is 5.64. The lowest BCUT2D eigenvalue weighted by atomic mass is 9.80. The van der Waals surface area contributed by atoms with Gasteiger partial charge in [-0.05, 0) is 50.4 Å². The molecule has 1 aromatic carbocycles. The zero-order valence-electron chi connectivity index (χ0n) is 12.4.